The molecule has 27 heavy (non-hydrogen) atoms. The zero-order valence-corrected chi connectivity index (χ0v) is 16.0. The van der Waals surface area contributed by atoms with E-state index in [1.54, 1.807) is 30.5 Å². The Hall–Kier alpha value is -2.98. The van der Waals surface area contributed by atoms with Crippen LogP contribution in [0.4, 0.5) is 0 Å². The second kappa shape index (κ2) is 10.2. The van der Waals surface area contributed by atoms with E-state index in [-0.39, 0.29) is 0 Å². The Morgan fingerprint density at radius 1 is 1.19 bits per heavy atom. The summed E-state index contributed by atoms with van der Waals surface area (Å²) in [4.78, 5) is 26.0. The summed E-state index contributed by atoms with van der Waals surface area (Å²) in [5.74, 6) is 0.594. The van der Waals surface area contributed by atoms with E-state index >= 15 is 0 Å². The first-order valence-corrected chi connectivity index (χ1v) is 9.45. The van der Waals surface area contributed by atoms with E-state index in [0.29, 0.717) is 22.8 Å². The van der Waals surface area contributed by atoms with Gasteiger partial charge in [-0.3, -0.25) is 14.5 Å². The number of ether oxygens (including phenoxy) is 1. The third kappa shape index (κ3) is 5.76. The lowest BCUT2D eigenvalue weighted by molar-refractivity contribution is -0.128. The number of likely N-dealkylation sites (N-methyl/N-ethyl adjacent to an activating group) is 1. The van der Waals surface area contributed by atoms with Crippen molar-refractivity contribution >= 4 is 23.6 Å². The van der Waals surface area contributed by atoms with Crippen LogP contribution < -0.4 is 10.1 Å². The minimum atomic E-state index is -0.819. The molecular formula is C20H21N3O3S. The molecule has 0 radical (unpaired) electrons. The maximum Gasteiger partial charge on any atom is 0.258 e. The number of para-hydroxylation sites is 1. The summed E-state index contributed by atoms with van der Waals surface area (Å²) in [6.07, 6.45) is 1.79. The van der Waals surface area contributed by atoms with Gasteiger partial charge in [-0.25, -0.2) is 0 Å². The first-order valence-electron chi connectivity index (χ1n) is 8.29. The standard InChI is InChI=1S/C20H21N3O3S/c1-23(14-21)20(25)17(13-27-12-15-8-4-3-5-9-15)22-19(24)16-10-6-7-11-18(16)26-2/h3-11,17H,12-13H2,1-2H3,(H,22,24)/t17-/m0/s1. The topological polar surface area (TPSA) is 82.4 Å². The van der Waals surface area contributed by atoms with Crippen LogP contribution in [0.25, 0.3) is 0 Å². The Morgan fingerprint density at radius 2 is 1.85 bits per heavy atom. The summed E-state index contributed by atoms with van der Waals surface area (Å²) in [5, 5.41) is 11.7. The fourth-order valence-corrected chi connectivity index (χ4v) is 3.40. The molecule has 0 unspecified atom stereocenters. The number of rotatable bonds is 8. The van der Waals surface area contributed by atoms with Crippen molar-refractivity contribution in [2.24, 2.45) is 0 Å². The van der Waals surface area contributed by atoms with Gasteiger partial charge in [-0.05, 0) is 17.7 Å². The van der Waals surface area contributed by atoms with Gasteiger partial charge < -0.3 is 10.1 Å². The molecule has 2 aromatic rings. The van der Waals surface area contributed by atoms with E-state index in [2.05, 4.69) is 5.32 Å². The highest BCUT2D eigenvalue weighted by atomic mass is 32.2. The predicted molar refractivity (Wildman–Crippen MR) is 105 cm³/mol. The first-order chi connectivity index (χ1) is 13.1. The van der Waals surface area contributed by atoms with Crippen molar-refractivity contribution in [3.8, 4) is 11.9 Å². The Labute approximate surface area is 163 Å². The minimum absolute atomic E-state index is 0.338. The molecule has 0 heterocycles. The maximum absolute atomic E-state index is 12.6. The van der Waals surface area contributed by atoms with Gasteiger partial charge in [0.05, 0.1) is 12.7 Å². The number of thioether (sulfide) groups is 1. The van der Waals surface area contributed by atoms with Crippen LogP contribution in [0.1, 0.15) is 15.9 Å². The number of nitriles is 1. The minimum Gasteiger partial charge on any atom is -0.496 e. The Balaban J connectivity index is 2.08. The molecule has 0 saturated heterocycles. The summed E-state index contributed by atoms with van der Waals surface area (Å²) < 4.78 is 5.20. The molecule has 0 aliphatic carbocycles. The normalized spacial score (nSPS) is 11.1. The fourth-order valence-electron chi connectivity index (χ4n) is 2.39. The van der Waals surface area contributed by atoms with Crippen LogP contribution in [0.2, 0.25) is 0 Å². The molecule has 2 amide bonds. The van der Waals surface area contributed by atoms with Gasteiger partial charge in [0.25, 0.3) is 11.8 Å². The molecule has 0 spiro atoms. The average molecular weight is 383 g/mol. The highest BCUT2D eigenvalue weighted by molar-refractivity contribution is 7.98. The number of carbonyl (C=O) groups excluding carboxylic acids is 2. The quantitative estimate of drug-likeness (QED) is 0.560. The van der Waals surface area contributed by atoms with Crippen LogP contribution in [0.3, 0.4) is 0 Å². The van der Waals surface area contributed by atoms with Gasteiger partial charge in [-0.1, -0.05) is 42.5 Å². The second-order valence-corrected chi connectivity index (χ2v) is 6.75. The van der Waals surface area contributed by atoms with E-state index in [1.807, 2.05) is 30.3 Å². The van der Waals surface area contributed by atoms with Crippen LogP contribution in [0, 0.1) is 11.5 Å². The molecule has 1 atom stereocenters. The number of amides is 2. The van der Waals surface area contributed by atoms with Gasteiger partial charge in [-0.2, -0.15) is 17.0 Å². The van der Waals surface area contributed by atoms with Crippen LogP contribution in [0.15, 0.2) is 54.6 Å². The lowest BCUT2D eigenvalue weighted by Gasteiger charge is -2.20. The second-order valence-electron chi connectivity index (χ2n) is 5.72. The summed E-state index contributed by atoms with van der Waals surface area (Å²) in [6, 6.07) is 15.8. The molecule has 0 bridgehead atoms. The van der Waals surface area contributed by atoms with Gasteiger partial charge in [0.1, 0.15) is 11.8 Å². The molecule has 6 nitrogen and oxygen atoms in total. The largest absolute Gasteiger partial charge is 0.496 e. The highest BCUT2D eigenvalue weighted by Crippen LogP contribution is 2.18. The number of methoxy groups -OCH3 is 1. The van der Waals surface area contributed by atoms with Crippen molar-refractivity contribution in [2.75, 3.05) is 19.9 Å². The molecule has 7 heteroatoms. The van der Waals surface area contributed by atoms with Crippen molar-refractivity contribution < 1.29 is 14.3 Å². The van der Waals surface area contributed by atoms with Gasteiger partial charge in [-0.15, -0.1) is 0 Å². The zero-order valence-electron chi connectivity index (χ0n) is 15.2. The highest BCUT2D eigenvalue weighted by Gasteiger charge is 2.25. The van der Waals surface area contributed by atoms with Crippen LogP contribution in [-0.2, 0) is 10.5 Å². The summed E-state index contributed by atoms with van der Waals surface area (Å²) in [6.45, 7) is 0. The number of hydrogen-bond acceptors (Lipinski definition) is 5. The SMILES string of the molecule is COc1ccccc1C(=O)N[C@@H](CSCc1ccccc1)C(=O)N(C)C#N. The van der Waals surface area contributed by atoms with Gasteiger partial charge in [0.15, 0.2) is 6.19 Å². The predicted octanol–water partition coefficient (Wildman–Crippen LogP) is 2.67. The number of carbonyl (C=O) groups is 2. The van der Waals surface area contributed by atoms with Crippen molar-refractivity contribution in [3.05, 3.63) is 65.7 Å². The third-order valence-electron chi connectivity index (χ3n) is 3.83. The summed E-state index contributed by atoms with van der Waals surface area (Å²) in [5.41, 5.74) is 1.46. The number of nitrogens with one attached hydrogen (secondary N) is 1. The molecule has 0 fully saturated rings. The Morgan fingerprint density at radius 3 is 2.52 bits per heavy atom. The van der Waals surface area contributed by atoms with Crippen LogP contribution in [-0.4, -0.2) is 42.7 Å². The molecule has 140 valence electrons. The average Bonchev–Trinajstić information content (AvgIpc) is 2.72. The first kappa shape index (κ1) is 20.3. The molecule has 2 aromatic carbocycles. The molecule has 2 rings (SSSR count). The summed E-state index contributed by atoms with van der Waals surface area (Å²) in [7, 11) is 2.86. The van der Waals surface area contributed by atoms with E-state index in [0.717, 1.165) is 10.5 Å². The van der Waals surface area contributed by atoms with Crippen molar-refractivity contribution in [3.63, 3.8) is 0 Å². The van der Waals surface area contributed by atoms with Crippen LogP contribution in [0.5, 0.6) is 5.75 Å². The van der Waals surface area contributed by atoms with E-state index in [4.69, 9.17) is 10.00 Å². The Kier molecular flexibility index (Phi) is 7.71. The number of benzene rings is 2. The molecule has 0 aliphatic rings. The molecule has 0 aromatic heterocycles. The zero-order chi connectivity index (χ0) is 19.6. The lowest BCUT2D eigenvalue weighted by Crippen LogP contribution is -2.47. The van der Waals surface area contributed by atoms with Gasteiger partial charge in [0.2, 0.25) is 0 Å². The number of nitrogens with zero attached hydrogens (tertiary/aromatic N) is 2. The fraction of sp³-hybridized carbons (Fsp3) is 0.250. The molecular weight excluding hydrogens is 362 g/mol. The maximum atomic E-state index is 12.6. The van der Waals surface area contributed by atoms with Crippen molar-refractivity contribution in [2.45, 2.75) is 11.8 Å². The summed E-state index contributed by atoms with van der Waals surface area (Å²) >= 11 is 1.51. The van der Waals surface area contributed by atoms with Crippen LogP contribution >= 0.6 is 11.8 Å². The third-order valence-corrected chi connectivity index (χ3v) is 4.94. The number of hydrogen-bond donors (Lipinski definition) is 1. The molecule has 0 saturated carbocycles. The van der Waals surface area contributed by atoms with Crippen molar-refractivity contribution in [1.82, 2.24) is 10.2 Å². The monoisotopic (exact) mass is 383 g/mol. The molecule has 1 N–H and O–H groups in total. The van der Waals surface area contributed by atoms with E-state index in [9.17, 15) is 9.59 Å². The van der Waals surface area contributed by atoms with E-state index < -0.39 is 17.9 Å². The Bertz CT molecular complexity index is 821. The molecule has 0 aliphatic heterocycles. The van der Waals surface area contributed by atoms with Gasteiger partial charge >= 0.3 is 0 Å². The van der Waals surface area contributed by atoms with Crippen molar-refractivity contribution in [1.29, 1.82) is 5.26 Å². The lowest BCUT2D eigenvalue weighted by atomic mass is 10.1. The van der Waals surface area contributed by atoms with E-state index in [1.165, 1.54) is 25.9 Å². The van der Waals surface area contributed by atoms with Gasteiger partial charge in [0, 0.05) is 18.6 Å². The smallest absolute Gasteiger partial charge is 0.258 e.